The summed E-state index contributed by atoms with van der Waals surface area (Å²) in [7, 11) is 0. The summed E-state index contributed by atoms with van der Waals surface area (Å²) in [5.41, 5.74) is 5.26. The maximum Gasteiger partial charge on any atom is 0.0108 e. The number of nitrogens with one attached hydrogen (secondary N) is 1. The van der Waals surface area contributed by atoms with Gasteiger partial charge in [-0.2, -0.15) is 0 Å². The lowest BCUT2D eigenvalue weighted by Crippen LogP contribution is -2.03. The lowest BCUT2D eigenvalue weighted by atomic mass is 10.2. The maximum absolute atomic E-state index is 5.26. The summed E-state index contributed by atoms with van der Waals surface area (Å²) in [5.74, 6) is 0. The average Bonchev–Trinajstić information content (AvgIpc) is 1.81. The van der Waals surface area contributed by atoms with Crippen LogP contribution in [0.1, 0.15) is 19.3 Å². The Bertz CT molecular complexity index is 35.4. The van der Waals surface area contributed by atoms with Crippen LogP contribution in [0.15, 0.2) is 0 Å². The fourth-order valence-corrected chi connectivity index (χ4v) is 0.647. The lowest BCUT2D eigenvalue weighted by Gasteiger charge is -1.94. The molecule has 0 aliphatic heterocycles. The molecule has 0 aromatic rings. The molecule has 3 heteroatoms. The van der Waals surface area contributed by atoms with E-state index in [9.17, 15) is 0 Å². The van der Waals surface area contributed by atoms with Crippen molar-refractivity contribution in [2.75, 3.05) is 13.1 Å². The summed E-state index contributed by atoms with van der Waals surface area (Å²) < 4.78 is 0. The minimum Gasteiger partial charge on any atom is -0.330 e. The summed E-state index contributed by atoms with van der Waals surface area (Å²) in [5, 5.41) is 0. The molecule has 0 atom stereocenters. The third-order valence-corrected chi connectivity index (χ3v) is 1.16. The van der Waals surface area contributed by atoms with Gasteiger partial charge < -0.3 is 5.73 Å². The summed E-state index contributed by atoms with van der Waals surface area (Å²) in [4.78, 5) is 2.56. The minimum atomic E-state index is 0.794. The van der Waals surface area contributed by atoms with Gasteiger partial charge in [0.1, 0.15) is 0 Å². The Morgan fingerprint density at radius 1 is 1.25 bits per heavy atom. The first kappa shape index (κ1) is 8.21. The molecule has 0 unspecified atom stereocenters. The first-order valence-electron chi connectivity index (χ1n) is 2.95. The van der Waals surface area contributed by atoms with Gasteiger partial charge in [-0.15, -0.1) is 0 Å². The highest BCUT2D eigenvalue weighted by Gasteiger charge is 1.83. The van der Waals surface area contributed by atoms with Gasteiger partial charge in [0.2, 0.25) is 0 Å². The van der Waals surface area contributed by atoms with E-state index in [0.717, 1.165) is 25.9 Å². The highest BCUT2D eigenvalue weighted by molar-refractivity contribution is 6.13. The SMILES string of the molecule is NCCCCCNCl. The highest BCUT2D eigenvalue weighted by Crippen LogP contribution is 1.90. The molecule has 0 saturated carbocycles. The van der Waals surface area contributed by atoms with Crippen LogP contribution >= 0.6 is 11.8 Å². The molecule has 0 saturated heterocycles. The molecule has 0 fully saturated rings. The van der Waals surface area contributed by atoms with Crippen molar-refractivity contribution in [3.8, 4) is 0 Å². The number of halogens is 1. The molecule has 3 N–H and O–H groups in total. The van der Waals surface area contributed by atoms with Crippen molar-refractivity contribution in [1.82, 2.24) is 4.84 Å². The van der Waals surface area contributed by atoms with E-state index in [2.05, 4.69) is 4.84 Å². The Morgan fingerprint density at radius 3 is 2.50 bits per heavy atom. The summed E-state index contributed by atoms with van der Waals surface area (Å²) >= 11 is 5.20. The summed E-state index contributed by atoms with van der Waals surface area (Å²) in [6.07, 6.45) is 3.41. The van der Waals surface area contributed by atoms with Crippen LogP contribution in [0, 0.1) is 0 Å². The molecule has 0 bridgehead atoms. The second-order valence-corrected chi connectivity index (χ2v) is 2.00. The van der Waals surface area contributed by atoms with Crippen molar-refractivity contribution in [2.45, 2.75) is 19.3 Å². The van der Waals surface area contributed by atoms with E-state index < -0.39 is 0 Å². The third kappa shape index (κ3) is 6.21. The van der Waals surface area contributed by atoms with Crippen molar-refractivity contribution in [3.05, 3.63) is 0 Å². The van der Waals surface area contributed by atoms with Crippen LogP contribution in [0.2, 0.25) is 0 Å². The fourth-order valence-electron chi connectivity index (χ4n) is 0.513. The van der Waals surface area contributed by atoms with E-state index in [4.69, 9.17) is 17.5 Å². The smallest absolute Gasteiger partial charge is 0.0108 e. The average molecular weight is 137 g/mol. The first-order chi connectivity index (χ1) is 3.91. The predicted octanol–water partition coefficient (Wildman–Crippen LogP) is 0.859. The van der Waals surface area contributed by atoms with E-state index in [1.165, 1.54) is 6.42 Å². The Kier molecular flexibility index (Phi) is 7.40. The van der Waals surface area contributed by atoms with Crippen LogP contribution in [-0.4, -0.2) is 13.1 Å². The number of rotatable bonds is 5. The van der Waals surface area contributed by atoms with Crippen LogP contribution < -0.4 is 10.6 Å². The number of unbranched alkanes of at least 4 members (excludes halogenated alkanes) is 2. The van der Waals surface area contributed by atoms with Crippen molar-refractivity contribution in [2.24, 2.45) is 5.73 Å². The van der Waals surface area contributed by atoms with Crippen LogP contribution in [-0.2, 0) is 0 Å². The zero-order chi connectivity index (χ0) is 6.24. The normalized spacial score (nSPS) is 9.75. The van der Waals surface area contributed by atoms with Crippen molar-refractivity contribution in [1.29, 1.82) is 0 Å². The van der Waals surface area contributed by atoms with Crippen molar-refractivity contribution < 1.29 is 0 Å². The van der Waals surface area contributed by atoms with Crippen molar-refractivity contribution in [3.63, 3.8) is 0 Å². The molecule has 0 aromatic heterocycles. The molecular formula is C5H13ClN2. The molecule has 0 radical (unpaired) electrons. The van der Waals surface area contributed by atoms with E-state index in [0.29, 0.717) is 0 Å². The van der Waals surface area contributed by atoms with E-state index >= 15 is 0 Å². The van der Waals surface area contributed by atoms with Crippen molar-refractivity contribution >= 4 is 11.8 Å². The van der Waals surface area contributed by atoms with Gasteiger partial charge in [0, 0.05) is 6.54 Å². The van der Waals surface area contributed by atoms with E-state index in [1.54, 1.807) is 0 Å². The summed E-state index contributed by atoms with van der Waals surface area (Å²) in [6, 6.07) is 0. The third-order valence-electron chi connectivity index (χ3n) is 0.975. The Hall–Kier alpha value is 0.210. The molecular weight excluding hydrogens is 124 g/mol. The zero-order valence-corrected chi connectivity index (χ0v) is 5.75. The van der Waals surface area contributed by atoms with Crippen LogP contribution in [0.5, 0.6) is 0 Å². The van der Waals surface area contributed by atoms with Gasteiger partial charge in [0.25, 0.3) is 0 Å². The maximum atomic E-state index is 5.26. The molecule has 0 rings (SSSR count). The molecule has 0 aliphatic carbocycles. The molecule has 0 amide bonds. The van der Waals surface area contributed by atoms with Gasteiger partial charge in [0.05, 0.1) is 0 Å². The Balaban J connectivity index is 2.53. The van der Waals surface area contributed by atoms with Gasteiger partial charge in [-0.3, -0.25) is 0 Å². The monoisotopic (exact) mass is 136 g/mol. The predicted molar refractivity (Wildman–Crippen MR) is 36.8 cm³/mol. The van der Waals surface area contributed by atoms with E-state index in [-0.39, 0.29) is 0 Å². The molecule has 0 spiro atoms. The molecule has 2 nitrogen and oxygen atoms in total. The molecule has 50 valence electrons. The van der Waals surface area contributed by atoms with Gasteiger partial charge in [0.15, 0.2) is 0 Å². The Morgan fingerprint density at radius 2 is 2.00 bits per heavy atom. The number of hydrogen-bond acceptors (Lipinski definition) is 2. The number of nitrogens with two attached hydrogens (primary N) is 1. The largest absolute Gasteiger partial charge is 0.330 e. The quantitative estimate of drug-likeness (QED) is 0.435. The highest BCUT2D eigenvalue weighted by atomic mass is 35.5. The Labute approximate surface area is 55.5 Å². The molecule has 0 aromatic carbocycles. The molecule has 0 heterocycles. The van der Waals surface area contributed by atoms with Crippen LogP contribution in [0.25, 0.3) is 0 Å². The second kappa shape index (κ2) is 7.21. The topological polar surface area (TPSA) is 38.0 Å². The van der Waals surface area contributed by atoms with Gasteiger partial charge in [-0.25, -0.2) is 4.84 Å². The van der Waals surface area contributed by atoms with Gasteiger partial charge in [-0.05, 0) is 31.2 Å². The zero-order valence-electron chi connectivity index (χ0n) is 4.99. The molecule has 0 aliphatic rings. The second-order valence-electron chi connectivity index (χ2n) is 1.73. The minimum absolute atomic E-state index is 0.794. The van der Waals surface area contributed by atoms with Gasteiger partial charge in [-0.1, -0.05) is 6.42 Å². The standard InChI is InChI=1S/C5H13ClN2/c6-8-5-3-1-2-4-7/h8H,1-5,7H2. The van der Waals surface area contributed by atoms with Crippen LogP contribution in [0.3, 0.4) is 0 Å². The lowest BCUT2D eigenvalue weighted by molar-refractivity contribution is 0.678. The summed E-state index contributed by atoms with van der Waals surface area (Å²) in [6.45, 7) is 1.68. The number of hydrogen-bond donors (Lipinski definition) is 2. The van der Waals surface area contributed by atoms with Gasteiger partial charge >= 0.3 is 0 Å². The molecule has 8 heavy (non-hydrogen) atoms. The van der Waals surface area contributed by atoms with E-state index in [1.807, 2.05) is 0 Å². The fraction of sp³-hybridized carbons (Fsp3) is 1.00. The van der Waals surface area contributed by atoms with Crippen LogP contribution in [0.4, 0.5) is 0 Å². The first-order valence-corrected chi connectivity index (χ1v) is 3.33.